The fourth-order valence-corrected chi connectivity index (χ4v) is 2.25. The second-order valence-corrected chi connectivity index (χ2v) is 4.95. The van der Waals surface area contributed by atoms with E-state index in [1.807, 2.05) is 12.1 Å². The van der Waals surface area contributed by atoms with Crippen molar-refractivity contribution in [1.29, 1.82) is 0 Å². The number of hydrogen-bond donors (Lipinski definition) is 3. The Labute approximate surface area is 88.6 Å². The highest BCUT2D eigenvalue weighted by atomic mass is 79.9. The van der Waals surface area contributed by atoms with Crippen LogP contribution < -0.4 is 11.1 Å². The Bertz CT molecular complexity index is 300. The Hall–Kier alpha value is -0.590. The van der Waals surface area contributed by atoms with Crippen molar-refractivity contribution < 1.29 is 5.21 Å². The molecule has 13 heavy (non-hydrogen) atoms. The summed E-state index contributed by atoms with van der Waals surface area (Å²) < 4.78 is 1.10. The molecule has 0 spiro atoms. The van der Waals surface area contributed by atoms with Gasteiger partial charge in [-0.05, 0) is 28.1 Å². The van der Waals surface area contributed by atoms with Crippen molar-refractivity contribution in [2.45, 2.75) is 6.54 Å². The molecule has 0 unspecified atom stereocenters. The zero-order valence-electron chi connectivity index (χ0n) is 6.83. The van der Waals surface area contributed by atoms with Crippen molar-refractivity contribution in [3.05, 3.63) is 20.8 Å². The van der Waals surface area contributed by atoms with Gasteiger partial charge in [0.1, 0.15) is 0 Å². The normalized spacial score (nSPS) is 11.9. The quantitative estimate of drug-likeness (QED) is 0.333. The van der Waals surface area contributed by atoms with Crippen LogP contribution in [0.2, 0.25) is 0 Å². The molecule has 6 heteroatoms. The summed E-state index contributed by atoms with van der Waals surface area (Å²) in [5, 5.41) is 14.1. The summed E-state index contributed by atoms with van der Waals surface area (Å²) in [7, 11) is 0. The fourth-order valence-electron chi connectivity index (χ4n) is 0.796. The molecule has 72 valence electrons. The van der Waals surface area contributed by atoms with Crippen LogP contribution in [0.25, 0.3) is 0 Å². The molecule has 1 aromatic heterocycles. The fraction of sp³-hybridized carbons (Fsp3) is 0.286. The van der Waals surface area contributed by atoms with E-state index in [1.54, 1.807) is 11.3 Å². The average molecular weight is 264 g/mol. The van der Waals surface area contributed by atoms with Crippen molar-refractivity contribution in [2.75, 3.05) is 6.54 Å². The molecule has 0 saturated heterocycles. The topological polar surface area (TPSA) is 70.6 Å². The molecule has 0 fully saturated rings. The van der Waals surface area contributed by atoms with Gasteiger partial charge in [0.25, 0.3) is 0 Å². The maximum Gasteiger partial charge on any atom is 0.153 e. The first-order chi connectivity index (χ1) is 6.22. The third-order valence-electron chi connectivity index (χ3n) is 1.36. The summed E-state index contributed by atoms with van der Waals surface area (Å²) in [6, 6.07) is 4.01. The molecular formula is C7H10BrN3OS. The van der Waals surface area contributed by atoms with Gasteiger partial charge < -0.3 is 16.3 Å². The van der Waals surface area contributed by atoms with E-state index in [-0.39, 0.29) is 5.84 Å². The number of hydrogen-bond acceptors (Lipinski definition) is 4. The molecule has 0 aliphatic carbocycles. The van der Waals surface area contributed by atoms with E-state index in [4.69, 9.17) is 10.9 Å². The largest absolute Gasteiger partial charge is 0.409 e. The third kappa shape index (κ3) is 3.75. The van der Waals surface area contributed by atoms with Crippen LogP contribution in [0.1, 0.15) is 4.88 Å². The lowest BCUT2D eigenvalue weighted by molar-refractivity contribution is 0.317. The Morgan fingerprint density at radius 1 is 1.69 bits per heavy atom. The van der Waals surface area contributed by atoms with Crippen LogP contribution in [0.5, 0.6) is 0 Å². The van der Waals surface area contributed by atoms with Gasteiger partial charge in [-0.3, -0.25) is 0 Å². The Morgan fingerprint density at radius 3 is 3.00 bits per heavy atom. The molecule has 1 aromatic rings. The van der Waals surface area contributed by atoms with E-state index < -0.39 is 0 Å². The molecule has 0 bridgehead atoms. The minimum atomic E-state index is 0.190. The first-order valence-corrected chi connectivity index (χ1v) is 5.24. The number of amidine groups is 1. The Balaban J connectivity index is 2.28. The van der Waals surface area contributed by atoms with Gasteiger partial charge in [0.05, 0.1) is 10.3 Å². The lowest BCUT2D eigenvalue weighted by Gasteiger charge is -1.99. The van der Waals surface area contributed by atoms with Crippen LogP contribution in [0, 0.1) is 0 Å². The van der Waals surface area contributed by atoms with Gasteiger partial charge in [-0.2, -0.15) is 0 Å². The monoisotopic (exact) mass is 263 g/mol. The maximum atomic E-state index is 8.25. The number of thiophene rings is 1. The van der Waals surface area contributed by atoms with Gasteiger partial charge in [0.15, 0.2) is 5.84 Å². The summed E-state index contributed by atoms with van der Waals surface area (Å²) in [6.07, 6.45) is 0. The van der Waals surface area contributed by atoms with E-state index >= 15 is 0 Å². The van der Waals surface area contributed by atoms with Crippen LogP contribution >= 0.6 is 27.3 Å². The van der Waals surface area contributed by atoms with Crippen LogP contribution in [0.3, 0.4) is 0 Å². The van der Waals surface area contributed by atoms with E-state index in [0.29, 0.717) is 6.54 Å². The smallest absolute Gasteiger partial charge is 0.153 e. The van der Waals surface area contributed by atoms with Crippen LogP contribution in [-0.2, 0) is 6.54 Å². The van der Waals surface area contributed by atoms with Crippen molar-refractivity contribution in [3.8, 4) is 0 Å². The molecule has 0 atom stereocenters. The lowest BCUT2D eigenvalue weighted by atomic mass is 10.4. The van der Waals surface area contributed by atoms with E-state index in [9.17, 15) is 0 Å². The third-order valence-corrected chi connectivity index (χ3v) is 2.99. The first kappa shape index (κ1) is 10.5. The van der Waals surface area contributed by atoms with Crippen LogP contribution in [-0.4, -0.2) is 17.6 Å². The van der Waals surface area contributed by atoms with Crippen molar-refractivity contribution >= 4 is 33.1 Å². The number of oxime groups is 1. The highest BCUT2D eigenvalue weighted by Crippen LogP contribution is 2.21. The maximum absolute atomic E-state index is 8.25. The molecule has 0 aliphatic rings. The molecule has 1 heterocycles. The van der Waals surface area contributed by atoms with E-state index in [0.717, 1.165) is 10.3 Å². The van der Waals surface area contributed by atoms with Crippen molar-refractivity contribution in [3.63, 3.8) is 0 Å². The van der Waals surface area contributed by atoms with Crippen LogP contribution in [0.15, 0.2) is 21.1 Å². The number of rotatable bonds is 4. The average Bonchev–Trinajstić information content (AvgIpc) is 2.51. The summed E-state index contributed by atoms with van der Waals surface area (Å²) >= 11 is 5.03. The number of nitrogens with two attached hydrogens (primary N) is 1. The molecule has 4 nitrogen and oxygen atoms in total. The summed E-state index contributed by atoms with van der Waals surface area (Å²) in [5.74, 6) is 0.190. The minimum Gasteiger partial charge on any atom is -0.409 e. The summed E-state index contributed by atoms with van der Waals surface area (Å²) in [4.78, 5) is 1.21. The summed E-state index contributed by atoms with van der Waals surface area (Å²) in [6.45, 7) is 1.12. The van der Waals surface area contributed by atoms with Gasteiger partial charge in [-0.1, -0.05) is 5.16 Å². The second-order valence-electron chi connectivity index (χ2n) is 2.40. The highest BCUT2D eigenvalue weighted by molar-refractivity contribution is 9.11. The zero-order chi connectivity index (χ0) is 9.68. The van der Waals surface area contributed by atoms with E-state index in [2.05, 4.69) is 26.4 Å². The SMILES string of the molecule is NC(CNCc1ccc(Br)s1)=NO. The zero-order valence-corrected chi connectivity index (χ0v) is 9.23. The summed E-state index contributed by atoms with van der Waals surface area (Å²) in [5.41, 5.74) is 5.27. The molecular weight excluding hydrogens is 254 g/mol. The lowest BCUT2D eigenvalue weighted by Crippen LogP contribution is -2.28. The van der Waals surface area contributed by atoms with Crippen LogP contribution in [0.4, 0.5) is 0 Å². The van der Waals surface area contributed by atoms with Gasteiger partial charge in [0.2, 0.25) is 0 Å². The molecule has 0 radical (unpaired) electrons. The number of nitrogens with one attached hydrogen (secondary N) is 1. The Morgan fingerprint density at radius 2 is 2.46 bits per heavy atom. The van der Waals surface area contributed by atoms with E-state index in [1.165, 1.54) is 4.88 Å². The molecule has 1 rings (SSSR count). The molecule has 0 amide bonds. The minimum absolute atomic E-state index is 0.190. The standard InChI is InChI=1S/C7H10BrN3OS/c8-6-2-1-5(13-6)3-10-4-7(9)11-12/h1-2,10,12H,3-4H2,(H2,9,11). The van der Waals surface area contributed by atoms with Gasteiger partial charge in [0, 0.05) is 11.4 Å². The Kier molecular flexibility index (Phi) is 4.20. The van der Waals surface area contributed by atoms with Gasteiger partial charge in [-0.25, -0.2) is 0 Å². The number of halogens is 1. The first-order valence-electron chi connectivity index (χ1n) is 3.63. The van der Waals surface area contributed by atoms with Crippen molar-refractivity contribution in [2.24, 2.45) is 10.9 Å². The van der Waals surface area contributed by atoms with Gasteiger partial charge in [-0.15, -0.1) is 11.3 Å². The van der Waals surface area contributed by atoms with Crippen molar-refractivity contribution in [1.82, 2.24) is 5.32 Å². The second kappa shape index (κ2) is 5.21. The molecule has 0 aromatic carbocycles. The highest BCUT2D eigenvalue weighted by Gasteiger charge is 1.97. The molecule has 0 aliphatic heterocycles. The van der Waals surface area contributed by atoms with Gasteiger partial charge >= 0.3 is 0 Å². The number of nitrogens with zero attached hydrogens (tertiary/aromatic N) is 1. The molecule has 4 N–H and O–H groups in total. The predicted molar refractivity (Wildman–Crippen MR) is 57.1 cm³/mol. The molecule has 0 saturated carbocycles. The predicted octanol–water partition coefficient (Wildman–Crippen LogP) is 1.35.